The van der Waals surface area contributed by atoms with Crippen LogP contribution in [-0.4, -0.2) is 54.2 Å². The molecule has 5 heteroatoms. The van der Waals surface area contributed by atoms with Crippen LogP contribution in [0.2, 0.25) is 0 Å². The zero-order valence-electron chi connectivity index (χ0n) is 19.2. The molecular weight excluding hydrogens is 400 g/mol. The second-order valence-corrected chi connectivity index (χ2v) is 9.09. The van der Waals surface area contributed by atoms with Gasteiger partial charge in [-0.3, -0.25) is 0 Å². The highest BCUT2D eigenvalue weighted by Crippen LogP contribution is 2.31. The average molecular weight is 437 g/mol. The van der Waals surface area contributed by atoms with Gasteiger partial charge in [0.05, 0.1) is 6.10 Å². The first-order chi connectivity index (χ1) is 15.7. The highest BCUT2D eigenvalue weighted by Gasteiger charge is 2.31. The molecule has 1 heterocycles. The third-order valence-corrected chi connectivity index (χ3v) is 6.83. The number of nitrogens with zero attached hydrogens (tertiary/aromatic N) is 2. The standard InChI is InChI=1S/C27H36N2O3/c1-2-29(27(30)31-21-22-9-5-3-6-10-22)24-15-17-28(18-16-24)20-23-13-14-26(19-23)32-25-11-7-4-8-12-25/h3-12,23-24,26H,2,13-21H2,1H3/t23-,26?/m1/s1. The third-order valence-electron chi connectivity index (χ3n) is 6.83. The van der Waals surface area contributed by atoms with Crippen molar-refractivity contribution in [1.29, 1.82) is 0 Å². The lowest BCUT2D eigenvalue weighted by molar-refractivity contribution is 0.0603. The van der Waals surface area contributed by atoms with Gasteiger partial charge in [0.15, 0.2) is 0 Å². The summed E-state index contributed by atoms with van der Waals surface area (Å²) in [5, 5.41) is 0. The maximum atomic E-state index is 12.7. The molecule has 2 aromatic rings. The van der Waals surface area contributed by atoms with Crippen LogP contribution < -0.4 is 4.74 Å². The Hall–Kier alpha value is -2.53. The van der Waals surface area contributed by atoms with Crippen molar-refractivity contribution in [2.75, 3.05) is 26.2 Å². The molecule has 1 saturated heterocycles. The van der Waals surface area contributed by atoms with Gasteiger partial charge in [0.25, 0.3) is 0 Å². The number of carbonyl (C=O) groups excluding carboxylic acids is 1. The lowest BCUT2D eigenvalue weighted by Gasteiger charge is -2.38. The number of rotatable bonds is 8. The molecule has 0 radical (unpaired) electrons. The molecule has 1 unspecified atom stereocenters. The molecule has 32 heavy (non-hydrogen) atoms. The Morgan fingerprint density at radius 1 is 0.969 bits per heavy atom. The predicted octanol–water partition coefficient (Wildman–Crippen LogP) is 5.36. The van der Waals surface area contributed by atoms with E-state index in [1.54, 1.807) is 0 Å². The number of hydrogen-bond acceptors (Lipinski definition) is 4. The fraction of sp³-hybridized carbons (Fsp3) is 0.519. The van der Waals surface area contributed by atoms with Gasteiger partial charge in [-0.2, -0.15) is 0 Å². The molecule has 0 bridgehead atoms. The normalized spacial score (nSPS) is 21.9. The minimum atomic E-state index is -0.188. The summed E-state index contributed by atoms with van der Waals surface area (Å²) in [5.41, 5.74) is 1.03. The molecule has 2 aromatic carbocycles. The Kier molecular flexibility index (Phi) is 8.05. The number of benzene rings is 2. The quantitative estimate of drug-likeness (QED) is 0.559. The molecule has 5 nitrogen and oxygen atoms in total. The lowest BCUT2D eigenvalue weighted by atomic mass is 10.0. The smallest absolute Gasteiger partial charge is 0.410 e. The van der Waals surface area contributed by atoms with Gasteiger partial charge in [-0.15, -0.1) is 0 Å². The van der Waals surface area contributed by atoms with Crippen molar-refractivity contribution in [1.82, 2.24) is 9.80 Å². The number of para-hydroxylation sites is 1. The van der Waals surface area contributed by atoms with Gasteiger partial charge < -0.3 is 19.3 Å². The monoisotopic (exact) mass is 436 g/mol. The summed E-state index contributed by atoms with van der Waals surface area (Å²) in [7, 11) is 0. The molecule has 2 fully saturated rings. The molecule has 0 spiro atoms. The maximum absolute atomic E-state index is 12.7. The molecule has 0 N–H and O–H groups in total. The van der Waals surface area contributed by atoms with Crippen molar-refractivity contribution < 1.29 is 14.3 Å². The van der Waals surface area contributed by atoms with E-state index in [2.05, 4.69) is 4.90 Å². The zero-order chi connectivity index (χ0) is 22.2. The van der Waals surface area contributed by atoms with Crippen LogP contribution in [0.1, 0.15) is 44.6 Å². The lowest BCUT2D eigenvalue weighted by Crippen LogP contribution is -2.48. The Balaban J connectivity index is 1.18. The molecule has 1 aliphatic heterocycles. The number of likely N-dealkylation sites (tertiary alicyclic amines) is 1. The first-order valence-electron chi connectivity index (χ1n) is 12.1. The molecule has 1 aliphatic carbocycles. The van der Waals surface area contributed by atoms with Gasteiger partial charge >= 0.3 is 6.09 Å². The second kappa shape index (κ2) is 11.4. The number of hydrogen-bond donors (Lipinski definition) is 0. The number of carbonyl (C=O) groups is 1. The maximum Gasteiger partial charge on any atom is 0.410 e. The van der Waals surface area contributed by atoms with E-state index in [4.69, 9.17) is 9.47 Å². The van der Waals surface area contributed by atoms with Crippen molar-refractivity contribution in [3.8, 4) is 5.75 Å². The third kappa shape index (κ3) is 6.26. The van der Waals surface area contributed by atoms with Gasteiger partial charge in [0.1, 0.15) is 12.4 Å². The Bertz CT molecular complexity index is 821. The van der Waals surface area contributed by atoms with Crippen LogP contribution in [0.25, 0.3) is 0 Å². The Morgan fingerprint density at radius 3 is 2.34 bits per heavy atom. The number of ether oxygens (including phenoxy) is 2. The van der Waals surface area contributed by atoms with Crippen LogP contribution in [0, 0.1) is 5.92 Å². The van der Waals surface area contributed by atoms with Crippen molar-refractivity contribution in [3.63, 3.8) is 0 Å². The van der Waals surface area contributed by atoms with Crippen LogP contribution in [0.4, 0.5) is 4.79 Å². The average Bonchev–Trinajstić information content (AvgIpc) is 3.27. The van der Waals surface area contributed by atoms with Crippen molar-refractivity contribution in [2.24, 2.45) is 5.92 Å². The number of piperidine rings is 1. The fourth-order valence-corrected chi connectivity index (χ4v) is 5.11. The highest BCUT2D eigenvalue weighted by molar-refractivity contribution is 5.68. The molecular formula is C27H36N2O3. The Morgan fingerprint density at radius 2 is 1.66 bits per heavy atom. The minimum absolute atomic E-state index is 0.188. The number of amides is 1. The highest BCUT2D eigenvalue weighted by atomic mass is 16.6. The molecule has 172 valence electrons. The second-order valence-electron chi connectivity index (χ2n) is 9.09. The molecule has 1 amide bonds. The SMILES string of the molecule is CCN(C(=O)OCc1ccccc1)C1CCN(C[C@@H]2CCC(Oc3ccccc3)C2)CC1. The van der Waals surface area contributed by atoms with Gasteiger partial charge in [-0.1, -0.05) is 48.5 Å². The molecule has 0 aromatic heterocycles. The summed E-state index contributed by atoms with van der Waals surface area (Å²) in [6, 6.07) is 20.3. The summed E-state index contributed by atoms with van der Waals surface area (Å²) in [6.45, 7) is 6.32. The van der Waals surface area contributed by atoms with E-state index in [1.807, 2.05) is 72.5 Å². The topological polar surface area (TPSA) is 42.0 Å². The summed E-state index contributed by atoms with van der Waals surface area (Å²) < 4.78 is 11.8. The molecule has 1 saturated carbocycles. The summed E-state index contributed by atoms with van der Waals surface area (Å²) in [5.74, 6) is 1.69. The van der Waals surface area contributed by atoms with Gasteiger partial charge in [0, 0.05) is 32.2 Å². The van der Waals surface area contributed by atoms with E-state index in [-0.39, 0.29) is 12.1 Å². The summed E-state index contributed by atoms with van der Waals surface area (Å²) in [4.78, 5) is 17.2. The first-order valence-corrected chi connectivity index (χ1v) is 12.1. The van der Waals surface area contributed by atoms with Crippen LogP contribution in [0.5, 0.6) is 5.75 Å². The van der Waals surface area contributed by atoms with E-state index in [9.17, 15) is 4.79 Å². The fourth-order valence-electron chi connectivity index (χ4n) is 5.11. The van der Waals surface area contributed by atoms with Crippen molar-refractivity contribution >= 4 is 6.09 Å². The Labute approximate surface area is 192 Å². The molecule has 2 aliphatic rings. The van der Waals surface area contributed by atoms with Gasteiger partial charge in [-0.05, 0) is 62.6 Å². The zero-order valence-corrected chi connectivity index (χ0v) is 19.2. The van der Waals surface area contributed by atoms with E-state index >= 15 is 0 Å². The van der Waals surface area contributed by atoms with Gasteiger partial charge in [0.2, 0.25) is 0 Å². The largest absolute Gasteiger partial charge is 0.490 e. The van der Waals surface area contributed by atoms with Crippen molar-refractivity contribution in [3.05, 3.63) is 66.2 Å². The van der Waals surface area contributed by atoms with E-state index in [0.29, 0.717) is 25.2 Å². The molecule has 2 atom stereocenters. The van der Waals surface area contributed by atoms with Crippen molar-refractivity contribution in [2.45, 2.75) is 57.8 Å². The van der Waals surface area contributed by atoms with E-state index in [1.165, 1.54) is 6.42 Å². The predicted molar refractivity (Wildman–Crippen MR) is 127 cm³/mol. The van der Waals surface area contributed by atoms with Crippen LogP contribution in [0.3, 0.4) is 0 Å². The first kappa shape index (κ1) is 22.7. The minimum Gasteiger partial charge on any atom is -0.490 e. The molecule has 4 rings (SSSR count). The van der Waals surface area contributed by atoms with E-state index in [0.717, 1.165) is 56.6 Å². The van der Waals surface area contributed by atoms with Crippen LogP contribution >= 0.6 is 0 Å². The van der Waals surface area contributed by atoms with Gasteiger partial charge in [-0.25, -0.2) is 4.79 Å². The van der Waals surface area contributed by atoms with E-state index < -0.39 is 0 Å². The van der Waals surface area contributed by atoms with Crippen LogP contribution in [0.15, 0.2) is 60.7 Å². The summed E-state index contributed by atoms with van der Waals surface area (Å²) >= 11 is 0. The van der Waals surface area contributed by atoms with Crippen LogP contribution in [-0.2, 0) is 11.3 Å². The summed E-state index contributed by atoms with van der Waals surface area (Å²) in [6.07, 6.45) is 5.72.